The number of carbonyl (C=O) groups is 1. The van der Waals surface area contributed by atoms with E-state index in [1.54, 1.807) is 23.5 Å². The quantitative estimate of drug-likeness (QED) is 0.686. The van der Waals surface area contributed by atoms with E-state index in [1.807, 2.05) is 0 Å². The Hall–Kier alpha value is 0.170. The molecule has 1 N–H and O–H groups in total. The van der Waals surface area contributed by atoms with Gasteiger partial charge in [-0.1, -0.05) is 13.8 Å². The van der Waals surface area contributed by atoms with Gasteiger partial charge < -0.3 is 5.11 Å². The Morgan fingerprint density at radius 3 is 2.55 bits per heavy atom. The summed E-state index contributed by atoms with van der Waals surface area (Å²) >= 11 is 3.34. The molecule has 1 aliphatic rings. The minimum Gasteiger partial charge on any atom is -0.480 e. The number of carboxylic acid groups (broad SMARTS) is 1. The zero-order chi connectivity index (χ0) is 8.43. The molecule has 1 rings (SSSR count). The number of aliphatic carboxylic acids is 1. The summed E-state index contributed by atoms with van der Waals surface area (Å²) in [5.41, 5.74) is 0. The fourth-order valence-corrected chi connectivity index (χ4v) is 3.64. The molecule has 1 heterocycles. The Bertz CT molecular complexity index is 161. The molecular formula is C7H12O2S2. The highest BCUT2D eigenvalue weighted by atomic mass is 32.2. The maximum absolute atomic E-state index is 10.6. The van der Waals surface area contributed by atoms with E-state index >= 15 is 0 Å². The maximum atomic E-state index is 10.6. The Kier molecular flexibility index (Phi) is 3.13. The number of hydrogen-bond donors (Lipinski definition) is 1. The molecule has 0 aromatic carbocycles. The summed E-state index contributed by atoms with van der Waals surface area (Å²) in [4.78, 5) is 10.6. The minimum absolute atomic E-state index is 0.189. The number of rotatable bonds is 1. The van der Waals surface area contributed by atoms with Crippen LogP contribution in [0.5, 0.6) is 0 Å². The molecule has 1 aliphatic heterocycles. The van der Waals surface area contributed by atoms with Crippen LogP contribution in [0.2, 0.25) is 0 Å². The zero-order valence-electron chi connectivity index (χ0n) is 6.61. The molecule has 0 aromatic heterocycles. The molecule has 0 spiro atoms. The molecule has 0 amide bonds. The van der Waals surface area contributed by atoms with Gasteiger partial charge in [0.05, 0.1) is 0 Å². The second kappa shape index (κ2) is 3.72. The summed E-state index contributed by atoms with van der Waals surface area (Å²) in [6, 6.07) is 0. The van der Waals surface area contributed by atoms with Crippen LogP contribution in [0.4, 0.5) is 0 Å². The van der Waals surface area contributed by atoms with Crippen molar-refractivity contribution in [1.82, 2.24) is 0 Å². The average molecular weight is 192 g/mol. The summed E-state index contributed by atoms with van der Waals surface area (Å²) < 4.78 is 0. The molecule has 11 heavy (non-hydrogen) atoms. The lowest BCUT2D eigenvalue weighted by Crippen LogP contribution is -2.31. The summed E-state index contributed by atoms with van der Waals surface area (Å²) in [6.45, 7) is 4.25. The van der Waals surface area contributed by atoms with Crippen molar-refractivity contribution in [2.24, 2.45) is 0 Å². The van der Waals surface area contributed by atoms with Crippen molar-refractivity contribution in [3.63, 3.8) is 0 Å². The van der Waals surface area contributed by atoms with E-state index in [9.17, 15) is 4.79 Å². The van der Waals surface area contributed by atoms with Gasteiger partial charge in [0.1, 0.15) is 5.25 Å². The maximum Gasteiger partial charge on any atom is 0.317 e. The predicted octanol–water partition coefficient (Wildman–Crippen LogP) is 1.70. The van der Waals surface area contributed by atoms with Crippen molar-refractivity contribution in [2.45, 2.75) is 29.6 Å². The van der Waals surface area contributed by atoms with Crippen LogP contribution in [0.15, 0.2) is 0 Å². The third-order valence-electron chi connectivity index (χ3n) is 1.83. The van der Waals surface area contributed by atoms with Crippen molar-refractivity contribution >= 4 is 29.5 Å². The van der Waals surface area contributed by atoms with Crippen molar-refractivity contribution in [3.8, 4) is 0 Å². The molecule has 0 aliphatic carbocycles. The van der Waals surface area contributed by atoms with Gasteiger partial charge in [0, 0.05) is 16.3 Å². The number of thioether (sulfide) groups is 2. The Balaban J connectivity index is 2.46. The van der Waals surface area contributed by atoms with Gasteiger partial charge in [-0.05, 0) is 0 Å². The summed E-state index contributed by atoms with van der Waals surface area (Å²) in [5.74, 6) is 0.0900. The highest BCUT2D eigenvalue weighted by Gasteiger charge is 2.29. The van der Waals surface area contributed by atoms with Crippen LogP contribution in [-0.4, -0.2) is 32.6 Å². The molecule has 0 saturated carbocycles. The first-order valence-electron chi connectivity index (χ1n) is 3.61. The van der Waals surface area contributed by atoms with E-state index in [0.717, 1.165) is 5.75 Å². The van der Waals surface area contributed by atoms with Gasteiger partial charge in [-0.15, -0.1) is 11.8 Å². The Labute approximate surface area is 75.1 Å². The monoisotopic (exact) mass is 192 g/mol. The fourth-order valence-electron chi connectivity index (χ4n) is 0.913. The van der Waals surface area contributed by atoms with Crippen molar-refractivity contribution < 1.29 is 9.90 Å². The molecule has 1 saturated heterocycles. The van der Waals surface area contributed by atoms with Crippen LogP contribution in [0.3, 0.4) is 0 Å². The molecule has 0 radical (unpaired) electrons. The van der Waals surface area contributed by atoms with Gasteiger partial charge >= 0.3 is 5.97 Å². The molecule has 0 aromatic rings. The number of carboxylic acids is 1. The summed E-state index contributed by atoms with van der Waals surface area (Å²) in [7, 11) is 0. The van der Waals surface area contributed by atoms with E-state index in [0.29, 0.717) is 10.5 Å². The van der Waals surface area contributed by atoms with E-state index in [1.165, 1.54) is 0 Å². The van der Waals surface area contributed by atoms with Gasteiger partial charge in [0.15, 0.2) is 0 Å². The van der Waals surface area contributed by atoms with Crippen LogP contribution in [0.1, 0.15) is 13.8 Å². The highest BCUT2D eigenvalue weighted by molar-refractivity contribution is 8.07. The van der Waals surface area contributed by atoms with Crippen molar-refractivity contribution in [1.29, 1.82) is 0 Å². The first-order chi connectivity index (χ1) is 5.11. The lowest BCUT2D eigenvalue weighted by atomic mass is 10.4. The largest absolute Gasteiger partial charge is 0.480 e. The molecule has 3 atom stereocenters. The van der Waals surface area contributed by atoms with Gasteiger partial charge in [-0.25, -0.2) is 0 Å². The first-order valence-corrected chi connectivity index (χ1v) is 5.60. The Morgan fingerprint density at radius 2 is 2.09 bits per heavy atom. The third-order valence-corrected chi connectivity index (χ3v) is 5.20. The SMILES string of the molecule is CC1SCC(C(=O)O)SC1C. The molecule has 1 fully saturated rings. The van der Waals surface area contributed by atoms with Gasteiger partial charge in [0.25, 0.3) is 0 Å². The molecule has 64 valence electrons. The first kappa shape index (κ1) is 9.26. The lowest BCUT2D eigenvalue weighted by molar-refractivity contribution is -0.135. The topological polar surface area (TPSA) is 37.3 Å². The van der Waals surface area contributed by atoms with Crippen LogP contribution in [0.25, 0.3) is 0 Å². The van der Waals surface area contributed by atoms with E-state index in [-0.39, 0.29) is 5.25 Å². The summed E-state index contributed by atoms with van der Waals surface area (Å²) in [6.07, 6.45) is 0. The second-order valence-corrected chi connectivity index (χ2v) is 5.70. The van der Waals surface area contributed by atoms with Crippen LogP contribution < -0.4 is 0 Å². The van der Waals surface area contributed by atoms with Gasteiger partial charge in [0.2, 0.25) is 0 Å². The molecule has 2 nitrogen and oxygen atoms in total. The minimum atomic E-state index is -0.666. The zero-order valence-corrected chi connectivity index (χ0v) is 8.24. The second-order valence-electron chi connectivity index (χ2n) is 2.71. The van der Waals surface area contributed by atoms with Crippen molar-refractivity contribution in [3.05, 3.63) is 0 Å². The van der Waals surface area contributed by atoms with E-state index < -0.39 is 5.97 Å². The molecule has 4 heteroatoms. The highest BCUT2D eigenvalue weighted by Crippen LogP contribution is 2.35. The van der Waals surface area contributed by atoms with E-state index in [4.69, 9.17) is 5.11 Å². The van der Waals surface area contributed by atoms with Crippen molar-refractivity contribution in [2.75, 3.05) is 5.75 Å². The lowest BCUT2D eigenvalue weighted by Gasteiger charge is -2.28. The molecular weight excluding hydrogens is 180 g/mol. The fraction of sp³-hybridized carbons (Fsp3) is 0.857. The smallest absolute Gasteiger partial charge is 0.317 e. The normalized spacial score (nSPS) is 38.5. The van der Waals surface area contributed by atoms with Crippen LogP contribution in [0, 0.1) is 0 Å². The molecule has 3 unspecified atom stereocenters. The van der Waals surface area contributed by atoms with Crippen LogP contribution in [-0.2, 0) is 4.79 Å². The Morgan fingerprint density at radius 1 is 1.45 bits per heavy atom. The third kappa shape index (κ3) is 2.30. The summed E-state index contributed by atoms with van der Waals surface area (Å²) in [5, 5.41) is 9.58. The van der Waals surface area contributed by atoms with E-state index in [2.05, 4.69) is 13.8 Å². The standard InChI is InChI=1S/C7H12O2S2/c1-4-5(2)11-6(3-10-4)7(8)9/h4-6H,3H2,1-2H3,(H,8,9). The van der Waals surface area contributed by atoms with Crippen LogP contribution >= 0.6 is 23.5 Å². The van der Waals surface area contributed by atoms with Gasteiger partial charge in [-0.3, -0.25) is 4.79 Å². The average Bonchev–Trinajstić information content (AvgIpc) is 1.94. The number of hydrogen-bond acceptors (Lipinski definition) is 3. The van der Waals surface area contributed by atoms with Gasteiger partial charge in [-0.2, -0.15) is 11.8 Å². The molecule has 0 bridgehead atoms. The predicted molar refractivity (Wildman–Crippen MR) is 50.4 cm³/mol.